The lowest BCUT2D eigenvalue weighted by molar-refractivity contribution is 0.431. The Balaban J connectivity index is 2.29. The van der Waals surface area contributed by atoms with Gasteiger partial charge >= 0.3 is 6.01 Å². The van der Waals surface area contributed by atoms with Gasteiger partial charge in [-0.3, -0.25) is 0 Å². The van der Waals surface area contributed by atoms with Gasteiger partial charge in [-0.15, -0.1) is 0 Å². The van der Waals surface area contributed by atoms with E-state index in [2.05, 4.69) is 48.2 Å². The Bertz CT molecular complexity index is 623. The van der Waals surface area contributed by atoms with Crippen molar-refractivity contribution in [1.29, 1.82) is 0 Å². The molecule has 1 aromatic carbocycles. The molecule has 0 amide bonds. The smallest absolute Gasteiger partial charge is 0.322 e. The quantitative estimate of drug-likeness (QED) is 0.909. The van der Waals surface area contributed by atoms with E-state index in [1.807, 2.05) is 26.2 Å². The van der Waals surface area contributed by atoms with Crippen molar-refractivity contribution < 1.29 is 4.74 Å². The normalized spacial score (nSPS) is 11.0. The molecular weight excluding hydrogens is 262 g/mol. The molecule has 112 valence electrons. The molecule has 0 unspecified atom stereocenters. The zero-order chi connectivity index (χ0) is 15.4. The molecule has 1 aromatic heterocycles. The number of hydrogen-bond acceptors (Lipinski definition) is 4. The van der Waals surface area contributed by atoms with Gasteiger partial charge in [-0.05, 0) is 44.0 Å². The van der Waals surface area contributed by atoms with Crippen LogP contribution in [0, 0.1) is 13.8 Å². The summed E-state index contributed by atoms with van der Waals surface area (Å²) in [7, 11) is 1.91. The van der Waals surface area contributed by atoms with E-state index in [-0.39, 0.29) is 0 Å². The summed E-state index contributed by atoms with van der Waals surface area (Å²) < 4.78 is 5.92. The van der Waals surface area contributed by atoms with Crippen molar-refractivity contribution in [2.45, 2.75) is 40.2 Å². The van der Waals surface area contributed by atoms with Crippen molar-refractivity contribution in [3.05, 3.63) is 46.8 Å². The van der Waals surface area contributed by atoms with Crippen LogP contribution in [0.5, 0.6) is 11.8 Å². The molecule has 0 fully saturated rings. The van der Waals surface area contributed by atoms with Crippen molar-refractivity contribution in [3.63, 3.8) is 0 Å². The first-order chi connectivity index (χ1) is 10.0. The largest absolute Gasteiger partial charge is 0.424 e. The van der Waals surface area contributed by atoms with Gasteiger partial charge in [0.15, 0.2) is 0 Å². The Labute approximate surface area is 126 Å². The summed E-state index contributed by atoms with van der Waals surface area (Å²) in [6.45, 7) is 9.09. The fourth-order valence-electron chi connectivity index (χ4n) is 2.19. The Hall–Kier alpha value is -1.94. The number of nitrogens with zero attached hydrogens (tertiary/aromatic N) is 2. The predicted molar refractivity (Wildman–Crippen MR) is 84.9 cm³/mol. The Morgan fingerprint density at radius 1 is 1.24 bits per heavy atom. The number of ether oxygens (including phenoxy) is 1. The average molecular weight is 285 g/mol. The molecule has 0 saturated heterocycles. The molecule has 0 aliphatic rings. The molecule has 0 radical (unpaired) electrons. The van der Waals surface area contributed by atoms with E-state index in [4.69, 9.17) is 4.74 Å². The number of aromatic nitrogens is 2. The Morgan fingerprint density at radius 3 is 2.62 bits per heavy atom. The molecule has 2 rings (SSSR count). The van der Waals surface area contributed by atoms with E-state index in [0.717, 1.165) is 29.1 Å². The minimum atomic E-state index is 0.394. The molecule has 1 heterocycles. The minimum absolute atomic E-state index is 0.394. The van der Waals surface area contributed by atoms with Crippen LogP contribution in [-0.4, -0.2) is 17.0 Å². The number of aryl methyl sites for hydroxylation is 2. The van der Waals surface area contributed by atoms with E-state index < -0.39 is 0 Å². The molecule has 0 aliphatic heterocycles. The van der Waals surface area contributed by atoms with Crippen LogP contribution in [0.3, 0.4) is 0 Å². The second-order valence-electron chi connectivity index (χ2n) is 5.59. The van der Waals surface area contributed by atoms with Crippen LogP contribution >= 0.6 is 0 Å². The molecule has 21 heavy (non-hydrogen) atoms. The number of rotatable bonds is 5. The summed E-state index contributed by atoms with van der Waals surface area (Å²) in [6.07, 6.45) is 1.82. The van der Waals surface area contributed by atoms with Gasteiger partial charge in [-0.2, -0.15) is 4.98 Å². The maximum atomic E-state index is 5.92. The summed E-state index contributed by atoms with van der Waals surface area (Å²) in [5, 5.41) is 3.10. The summed E-state index contributed by atoms with van der Waals surface area (Å²) in [5.41, 5.74) is 4.35. The van der Waals surface area contributed by atoms with Gasteiger partial charge in [0.1, 0.15) is 5.75 Å². The number of hydrogen-bond donors (Lipinski definition) is 1. The summed E-state index contributed by atoms with van der Waals surface area (Å²) >= 11 is 0. The van der Waals surface area contributed by atoms with Crippen LogP contribution in [-0.2, 0) is 6.54 Å². The third-order valence-corrected chi connectivity index (χ3v) is 3.42. The van der Waals surface area contributed by atoms with E-state index in [9.17, 15) is 0 Å². The lowest BCUT2D eigenvalue weighted by Crippen LogP contribution is -2.08. The monoisotopic (exact) mass is 285 g/mol. The van der Waals surface area contributed by atoms with Crippen LogP contribution in [0.25, 0.3) is 0 Å². The first-order valence-electron chi connectivity index (χ1n) is 7.26. The highest BCUT2D eigenvalue weighted by Crippen LogP contribution is 2.30. The maximum Gasteiger partial charge on any atom is 0.322 e. The highest BCUT2D eigenvalue weighted by atomic mass is 16.5. The lowest BCUT2D eigenvalue weighted by atomic mass is 10.0. The topological polar surface area (TPSA) is 47.0 Å². The van der Waals surface area contributed by atoms with E-state index in [1.165, 1.54) is 5.56 Å². The van der Waals surface area contributed by atoms with Crippen molar-refractivity contribution in [1.82, 2.24) is 15.3 Å². The predicted octanol–water partition coefficient (Wildman–Crippen LogP) is 3.73. The van der Waals surface area contributed by atoms with Crippen molar-refractivity contribution >= 4 is 0 Å². The van der Waals surface area contributed by atoms with E-state index in [0.29, 0.717) is 11.9 Å². The van der Waals surface area contributed by atoms with Crippen molar-refractivity contribution in [2.24, 2.45) is 0 Å². The second-order valence-corrected chi connectivity index (χ2v) is 5.59. The molecule has 0 atom stereocenters. The maximum absolute atomic E-state index is 5.92. The minimum Gasteiger partial charge on any atom is -0.424 e. The Kier molecular flexibility index (Phi) is 4.91. The van der Waals surface area contributed by atoms with E-state index >= 15 is 0 Å². The van der Waals surface area contributed by atoms with Crippen LogP contribution in [0.1, 0.15) is 42.1 Å². The Morgan fingerprint density at radius 2 is 2.00 bits per heavy atom. The molecule has 2 aromatic rings. The molecule has 0 aliphatic carbocycles. The van der Waals surface area contributed by atoms with Crippen LogP contribution in [0.2, 0.25) is 0 Å². The number of benzene rings is 1. The van der Waals surface area contributed by atoms with Gasteiger partial charge in [0.05, 0.1) is 0 Å². The average Bonchev–Trinajstić information content (AvgIpc) is 2.42. The first-order valence-corrected chi connectivity index (χ1v) is 7.26. The second kappa shape index (κ2) is 6.68. The standard InChI is InChI=1S/C17H23N3O/c1-11(2)15-7-6-12(3)8-16(15)21-17-19-10-14(9-18-5)13(4)20-17/h6-8,10-11,18H,9H2,1-5H3. The highest BCUT2D eigenvalue weighted by Gasteiger charge is 2.11. The molecular formula is C17H23N3O. The van der Waals surface area contributed by atoms with Gasteiger partial charge in [-0.1, -0.05) is 26.0 Å². The van der Waals surface area contributed by atoms with Gasteiger partial charge < -0.3 is 10.1 Å². The van der Waals surface area contributed by atoms with Crippen LogP contribution < -0.4 is 10.1 Å². The van der Waals surface area contributed by atoms with Crippen LogP contribution in [0.15, 0.2) is 24.4 Å². The van der Waals surface area contributed by atoms with E-state index in [1.54, 1.807) is 0 Å². The molecule has 4 nitrogen and oxygen atoms in total. The fraction of sp³-hybridized carbons (Fsp3) is 0.412. The summed E-state index contributed by atoms with van der Waals surface area (Å²) in [5.74, 6) is 1.23. The van der Waals surface area contributed by atoms with Gasteiger partial charge in [-0.25, -0.2) is 4.98 Å². The molecule has 0 bridgehead atoms. The third kappa shape index (κ3) is 3.79. The molecule has 0 spiro atoms. The van der Waals surface area contributed by atoms with Gasteiger partial charge in [0, 0.05) is 24.0 Å². The summed E-state index contributed by atoms with van der Waals surface area (Å²) in [4.78, 5) is 8.75. The lowest BCUT2D eigenvalue weighted by Gasteiger charge is -2.14. The molecule has 1 N–H and O–H groups in total. The van der Waals surface area contributed by atoms with Gasteiger partial charge in [0.25, 0.3) is 0 Å². The first kappa shape index (κ1) is 15.4. The van der Waals surface area contributed by atoms with Gasteiger partial charge in [0.2, 0.25) is 0 Å². The zero-order valence-electron chi connectivity index (χ0n) is 13.4. The van der Waals surface area contributed by atoms with Crippen molar-refractivity contribution in [3.8, 4) is 11.8 Å². The molecule has 4 heteroatoms. The number of nitrogens with one attached hydrogen (secondary N) is 1. The zero-order valence-corrected chi connectivity index (χ0v) is 13.4. The highest BCUT2D eigenvalue weighted by molar-refractivity contribution is 5.40. The fourth-order valence-corrected chi connectivity index (χ4v) is 2.19. The third-order valence-electron chi connectivity index (χ3n) is 3.42. The SMILES string of the molecule is CNCc1cnc(Oc2cc(C)ccc2C(C)C)nc1C. The summed E-state index contributed by atoms with van der Waals surface area (Å²) in [6, 6.07) is 6.65. The van der Waals surface area contributed by atoms with Crippen molar-refractivity contribution in [2.75, 3.05) is 7.05 Å². The van der Waals surface area contributed by atoms with Crippen LogP contribution in [0.4, 0.5) is 0 Å². The molecule has 0 saturated carbocycles.